The maximum absolute atomic E-state index is 12.2. The van der Waals surface area contributed by atoms with E-state index >= 15 is 0 Å². The van der Waals surface area contributed by atoms with Crippen molar-refractivity contribution in [2.45, 2.75) is 19.8 Å². The Kier molecular flexibility index (Phi) is 3.94. The Balaban J connectivity index is 2.25. The highest BCUT2D eigenvalue weighted by Gasteiger charge is 2.38. The molecular weight excluding hydrogens is 343 g/mol. The SMILES string of the molecule is CC1CC(=O)C(C(=O)c2ccc(I)cc2)C(=O)C1. The summed E-state index contributed by atoms with van der Waals surface area (Å²) in [6.07, 6.45) is 0.652. The van der Waals surface area contributed by atoms with Crippen molar-refractivity contribution in [1.29, 1.82) is 0 Å². The molecule has 1 aliphatic rings. The third-order valence-electron chi connectivity index (χ3n) is 3.13. The van der Waals surface area contributed by atoms with Crippen LogP contribution in [-0.2, 0) is 9.59 Å². The van der Waals surface area contributed by atoms with E-state index < -0.39 is 5.92 Å². The Morgan fingerprint density at radius 1 is 1.11 bits per heavy atom. The van der Waals surface area contributed by atoms with Gasteiger partial charge in [0.05, 0.1) is 0 Å². The van der Waals surface area contributed by atoms with Crippen molar-refractivity contribution < 1.29 is 14.4 Å². The molecule has 1 saturated carbocycles. The van der Waals surface area contributed by atoms with E-state index in [1.807, 2.05) is 6.92 Å². The Morgan fingerprint density at radius 2 is 1.61 bits per heavy atom. The van der Waals surface area contributed by atoms with E-state index in [1.165, 1.54) is 0 Å². The highest BCUT2D eigenvalue weighted by atomic mass is 127. The summed E-state index contributed by atoms with van der Waals surface area (Å²) < 4.78 is 1.01. The summed E-state index contributed by atoms with van der Waals surface area (Å²) >= 11 is 2.14. The number of benzene rings is 1. The predicted molar refractivity (Wildman–Crippen MR) is 75.4 cm³/mol. The molecule has 1 aromatic carbocycles. The molecule has 2 rings (SSSR count). The molecule has 1 fully saturated rings. The van der Waals surface area contributed by atoms with Crippen molar-refractivity contribution >= 4 is 39.9 Å². The van der Waals surface area contributed by atoms with E-state index in [0.29, 0.717) is 18.4 Å². The standard InChI is InChI=1S/C14H13IO3/c1-8-6-11(16)13(12(17)7-8)14(18)9-2-4-10(15)5-3-9/h2-5,8,13H,6-7H2,1H3. The first-order chi connectivity index (χ1) is 8.49. The second kappa shape index (κ2) is 5.30. The molecule has 0 atom stereocenters. The van der Waals surface area contributed by atoms with E-state index in [1.54, 1.807) is 24.3 Å². The lowest BCUT2D eigenvalue weighted by Crippen LogP contribution is -2.38. The summed E-state index contributed by atoms with van der Waals surface area (Å²) in [6.45, 7) is 1.86. The van der Waals surface area contributed by atoms with Crippen LogP contribution >= 0.6 is 22.6 Å². The fourth-order valence-electron chi connectivity index (χ4n) is 2.25. The van der Waals surface area contributed by atoms with Crippen LogP contribution in [0.2, 0.25) is 0 Å². The van der Waals surface area contributed by atoms with Gasteiger partial charge in [-0.1, -0.05) is 19.1 Å². The minimum Gasteiger partial charge on any atom is -0.298 e. The van der Waals surface area contributed by atoms with Gasteiger partial charge in [0.1, 0.15) is 5.92 Å². The number of carbonyl (C=O) groups excluding carboxylic acids is 3. The molecule has 0 saturated heterocycles. The molecule has 0 heterocycles. The lowest BCUT2D eigenvalue weighted by molar-refractivity contribution is -0.134. The zero-order valence-corrected chi connectivity index (χ0v) is 12.1. The summed E-state index contributed by atoms with van der Waals surface area (Å²) in [5, 5.41) is 0. The summed E-state index contributed by atoms with van der Waals surface area (Å²) in [5.41, 5.74) is 0.441. The van der Waals surface area contributed by atoms with Crippen LogP contribution in [0, 0.1) is 15.4 Å². The molecule has 94 valence electrons. The maximum atomic E-state index is 12.2. The summed E-state index contributed by atoms with van der Waals surface area (Å²) in [5.74, 6) is -1.83. The molecule has 1 aromatic rings. The second-order valence-corrected chi connectivity index (χ2v) is 6.00. The molecule has 0 amide bonds. The number of ketones is 3. The van der Waals surface area contributed by atoms with Gasteiger partial charge in [-0.15, -0.1) is 0 Å². The highest BCUT2D eigenvalue weighted by Crippen LogP contribution is 2.25. The molecular formula is C14H13IO3. The quantitative estimate of drug-likeness (QED) is 0.465. The van der Waals surface area contributed by atoms with Gasteiger partial charge < -0.3 is 0 Å². The Morgan fingerprint density at radius 3 is 2.11 bits per heavy atom. The van der Waals surface area contributed by atoms with Gasteiger partial charge in [0, 0.05) is 22.0 Å². The first-order valence-corrected chi connectivity index (χ1v) is 6.92. The lowest BCUT2D eigenvalue weighted by Gasteiger charge is -2.22. The van der Waals surface area contributed by atoms with Crippen LogP contribution in [0.5, 0.6) is 0 Å². The van der Waals surface area contributed by atoms with E-state index in [9.17, 15) is 14.4 Å². The number of carbonyl (C=O) groups is 3. The van der Waals surface area contributed by atoms with Crippen LogP contribution in [0.3, 0.4) is 0 Å². The molecule has 0 unspecified atom stereocenters. The predicted octanol–water partition coefficient (Wildman–Crippen LogP) is 2.66. The van der Waals surface area contributed by atoms with Crippen LogP contribution in [0.15, 0.2) is 24.3 Å². The lowest BCUT2D eigenvalue weighted by atomic mass is 9.77. The molecule has 3 nitrogen and oxygen atoms in total. The van der Waals surface area contributed by atoms with Gasteiger partial charge >= 0.3 is 0 Å². The fraction of sp³-hybridized carbons (Fsp3) is 0.357. The normalized spacial score (nSPS) is 24.1. The van der Waals surface area contributed by atoms with Crippen LogP contribution in [0.25, 0.3) is 0 Å². The zero-order chi connectivity index (χ0) is 13.3. The van der Waals surface area contributed by atoms with Gasteiger partial charge in [0.15, 0.2) is 17.3 Å². The molecule has 0 radical (unpaired) electrons. The summed E-state index contributed by atoms with van der Waals surface area (Å²) in [4.78, 5) is 35.9. The Labute approximate surface area is 119 Å². The van der Waals surface area contributed by atoms with Crippen LogP contribution < -0.4 is 0 Å². The highest BCUT2D eigenvalue weighted by molar-refractivity contribution is 14.1. The smallest absolute Gasteiger partial charge is 0.180 e. The van der Waals surface area contributed by atoms with E-state index in [4.69, 9.17) is 0 Å². The molecule has 1 aliphatic carbocycles. The van der Waals surface area contributed by atoms with E-state index in [-0.39, 0.29) is 23.3 Å². The average Bonchev–Trinajstić information content (AvgIpc) is 2.28. The third-order valence-corrected chi connectivity index (χ3v) is 3.85. The first-order valence-electron chi connectivity index (χ1n) is 5.84. The molecule has 18 heavy (non-hydrogen) atoms. The number of hydrogen-bond acceptors (Lipinski definition) is 3. The first kappa shape index (κ1) is 13.4. The van der Waals surface area contributed by atoms with Crippen LogP contribution in [0.4, 0.5) is 0 Å². The second-order valence-electron chi connectivity index (χ2n) is 4.75. The minimum absolute atomic E-state index is 0.0609. The van der Waals surface area contributed by atoms with E-state index in [2.05, 4.69) is 22.6 Å². The van der Waals surface area contributed by atoms with Gasteiger partial charge in [0.25, 0.3) is 0 Å². The van der Waals surface area contributed by atoms with Gasteiger partial charge in [-0.05, 0) is 40.6 Å². The summed E-state index contributed by atoms with van der Waals surface area (Å²) in [7, 11) is 0. The van der Waals surface area contributed by atoms with Gasteiger partial charge in [-0.3, -0.25) is 14.4 Å². The average molecular weight is 356 g/mol. The van der Waals surface area contributed by atoms with E-state index in [0.717, 1.165) is 3.57 Å². The molecule has 0 aromatic heterocycles. The Bertz CT molecular complexity index is 486. The van der Waals surface area contributed by atoms with Crippen molar-refractivity contribution in [1.82, 2.24) is 0 Å². The molecule has 0 spiro atoms. The fourth-order valence-corrected chi connectivity index (χ4v) is 2.61. The maximum Gasteiger partial charge on any atom is 0.180 e. The van der Waals surface area contributed by atoms with Gasteiger partial charge in [0.2, 0.25) is 0 Å². The third kappa shape index (κ3) is 2.68. The van der Waals surface area contributed by atoms with Gasteiger partial charge in [-0.2, -0.15) is 0 Å². The molecule has 0 bridgehead atoms. The van der Waals surface area contributed by atoms with Crippen molar-refractivity contribution in [3.63, 3.8) is 0 Å². The number of hydrogen-bond donors (Lipinski definition) is 0. The van der Waals surface area contributed by atoms with Crippen LogP contribution in [-0.4, -0.2) is 17.3 Å². The largest absolute Gasteiger partial charge is 0.298 e. The summed E-state index contributed by atoms with van der Waals surface area (Å²) in [6, 6.07) is 6.94. The monoisotopic (exact) mass is 356 g/mol. The molecule has 0 aliphatic heterocycles. The number of Topliss-reactive ketones (excluding diaryl/α,β-unsaturated/α-hetero) is 3. The number of halogens is 1. The van der Waals surface area contributed by atoms with Gasteiger partial charge in [-0.25, -0.2) is 0 Å². The van der Waals surface area contributed by atoms with Crippen molar-refractivity contribution in [3.05, 3.63) is 33.4 Å². The van der Waals surface area contributed by atoms with Crippen molar-refractivity contribution in [2.24, 2.45) is 11.8 Å². The van der Waals surface area contributed by atoms with Crippen LogP contribution in [0.1, 0.15) is 30.1 Å². The molecule has 0 N–H and O–H groups in total. The van der Waals surface area contributed by atoms with Crippen molar-refractivity contribution in [2.75, 3.05) is 0 Å². The zero-order valence-electron chi connectivity index (χ0n) is 9.98. The Hall–Kier alpha value is -1.04. The number of rotatable bonds is 2. The minimum atomic E-state index is -1.07. The molecule has 4 heteroatoms. The van der Waals surface area contributed by atoms with Crippen molar-refractivity contribution in [3.8, 4) is 0 Å². The topological polar surface area (TPSA) is 51.2 Å².